The molecule has 8 amide bonds. The minimum atomic E-state index is -0.287. The molecule has 0 bridgehead atoms. The molecule has 0 aromatic heterocycles. The Morgan fingerprint density at radius 3 is 1.21 bits per heavy atom. The first kappa shape index (κ1) is 61.3. The van der Waals surface area contributed by atoms with Crippen LogP contribution < -0.4 is 4.90 Å². The fraction of sp³-hybridized carbons (Fsp3) is 0.176. The topological polar surface area (TPSA) is 150 Å². The smallest absolute Gasteiger partial charge is 0.290 e. The fourth-order valence-electron chi connectivity index (χ4n) is 10.8. The molecule has 0 saturated carbocycles. The van der Waals surface area contributed by atoms with Gasteiger partial charge in [0.1, 0.15) is 0 Å². The summed E-state index contributed by atoms with van der Waals surface area (Å²) in [5.41, 5.74) is 13.9. The standard InChI is InChI=1S/C22H16NO2.C19H22.3C9H6NO2.2W/c1-15-6-4-7-16(12-15)13-17-8-5-9-18(14-17)23-21(24)19-10-2-3-11-20(19)22(23)25;1-14-9-11-15(12-10-14)19(4)13-18(2,3)16-7-5-6-8-17(16)19;3*1-10-8(11)6-4-2-3-5-7(6)9(10)12;;/h2,4-12,14H,13H2,1H3;5-12H,13H2,1-4H3;3*2,4-5H,1H3;;/q-1;;3*-1;2*+2. The molecule has 0 radical (unpaired) electrons. The van der Waals surface area contributed by atoms with Gasteiger partial charge in [-0.1, -0.05) is 161 Å². The van der Waals surface area contributed by atoms with Crippen molar-refractivity contribution in [1.29, 1.82) is 0 Å². The molecular formula is C68H56N4O8W2. The van der Waals surface area contributed by atoms with Gasteiger partial charge < -0.3 is 0 Å². The van der Waals surface area contributed by atoms with Crippen molar-refractivity contribution in [3.8, 4) is 0 Å². The van der Waals surface area contributed by atoms with E-state index >= 15 is 0 Å². The molecule has 8 aromatic carbocycles. The molecule has 0 spiro atoms. The second-order valence-corrected chi connectivity index (χ2v) is 21.0. The summed E-state index contributed by atoms with van der Waals surface area (Å²) in [4.78, 5) is 97.6. The maximum atomic E-state index is 12.6. The van der Waals surface area contributed by atoms with Gasteiger partial charge in [0.2, 0.25) is 47.3 Å². The van der Waals surface area contributed by atoms with Crippen LogP contribution in [0.3, 0.4) is 0 Å². The van der Waals surface area contributed by atoms with E-state index in [0.717, 1.165) is 26.7 Å². The Bertz CT molecular complexity index is 3520. The van der Waals surface area contributed by atoms with E-state index in [4.69, 9.17) is 0 Å². The summed E-state index contributed by atoms with van der Waals surface area (Å²) in [6.07, 6.45) is 1.94. The molecule has 14 heteroatoms. The predicted molar refractivity (Wildman–Crippen MR) is 304 cm³/mol. The second kappa shape index (κ2) is 25.2. The molecule has 0 fully saturated rings. The molecular weight excluding hydrogens is 1370 g/mol. The number of hydrogen-bond donors (Lipinski definition) is 0. The molecule has 13 rings (SSSR count). The number of carbonyl (C=O) groups is 8. The number of imide groups is 4. The summed E-state index contributed by atoms with van der Waals surface area (Å²) in [6.45, 7) is 11.3. The van der Waals surface area contributed by atoms with E-state index in [1.54, 1.807) is 78.9 Å². The summed E-state index contributed by atoms with van der Waals surface area (Å²) < 4.78 is 0. The summed E-state index contributed by atoms with van der Waals surface area (Å²) >= 11 is 0. The van der Waals surface area contributed by atoms with E-state index < -0.39 is 0 Å². The van der Waals surface area contributed by atoms with Crippen LogP contribution in [0.15, 0.2) is 170 Å². The van der Waals surface area contributed by atoms with Crippen LogP contribution in [0, 0.1) is 38.1 Å². The van der Waals surface area contributed by atoms with Crippen LogP contribution in [-0.4, -0.2) is 83.1 Å². The van der Waals surface area contributed by atoms with Gasteiger partial charge in [-0.3, -0.25) is 58.0 Å². The Balaban J connectivity index is 0.000000152. The van der Waals surface area contributed by atoms with Crippen LogP contribution in [-0.2, 0) is 59.4 Å². The zero-order valence-electron chi connectivity index (χ0n) is 46.5. The number of amides is 8. The molecule has 408 valence electrons. The van der Waals surface area contributed by atoms with Crippen LogP contribution in [0.2, 0.25) is 0 Å². The largest absolute Gasteiger partial charge is 2.00 e. The van der Waals surface area contributed by atoms with Crippen molar-refractivity contribution in [3.05, 3.63) is 278 Å². The Kier molecular flexibility index (Phi) is 18.9. The monoisotopic (exact) mass is 1420 g/mol. The number of aryl methyl sites for hydroxylation is 2. The molecule has 1 unspecified atom stereocenters. The number of hydrogen-bond acceptors (Lipinski definition) is 8. The SMILES string of the molecule is CN1C(=O)c2c[c-]ccc2C1=O.CN1C(=O)c2c[c-]ccc2C1=O.CN1C(=O)c2c[c-]ccc2C1=O.Cc1ccc(C2(C)CC(C)(C)c3ccccc32)cc1.Cc1cccc(Cc2cccc(N3C(=O)c4c[c-]ccc4C3=O)c2)c1.[W+2].[W+2]. The normalized spacial score (nSPS) is 16.3. The van der Waals surface area contributed by atoms with E-state index in [2.05, 4.69) is 126 Å². The van der Waals surface area contributed by atoms with Gasteiger partial charge in [0.05, 0.1) is 5.69 Å². The van der Waals surface area contributed by atoms with Crippen LogP contribution in [0.1, 0.15) is 149 Å². The third-order valence-corrected chi connectivity index (χ3v) is 14.9. The summed E-state index contributed by atoms with van der Waals surface area (Å²) in [5.74, 6) is -1.99. The van der Waals surface area contributed by atoms with Crippen LogP contribution in [0.5, 0.6) is 0 Å². The van der Waals surface area contributed by atoms with Crippen molar-refractivity contribution in [2.24, 2.45) is 0 Å². The van der Waals surface area contributed by atoms with Crippen molar-refractivity contribution in [2.45, 2.75) is 58.3 Å². The molecule has 4 heterocycles. The average molecular weight is 1420 g/mol. The zero-order chi connectivity index (χ0) is 57.2. The van der Waals surface area contributed by atoms with Crippen LogP contribution in [0.4, 0.5) is 5.69 Å². The minimum Gasteiger partial charge on any atom is -0.290 e. The second-order valence-electron chi connectivity index (χ2n) is 21.0. The molecule has 0 N–H and O–H groups in total. The summed E-state index contributed by atoms with van der Waals surface area (Å²) in [7, 11) is 4.43. The molecule has 82 heavy (non-hydrogen) atoms. The van der Waals surface area contributed by atoms with E-state index in [-0.39, 0.29) is 100 Å². The number of carbonyl (C=O) groups excluding carboxylic acids is 8. The van der Waals surface area contributed by atoms with Gasteiger partial charge >= 0.3 is 42.1 Å². The Labute approximate surface area is 506 Å². The van der Waals surface area contributed by atoms with E-state index in [9.17, 15) is 38.4 Å². The van der Waals surface area contributed by atoms with Gasteiger partial charge in [0.25, 0.3) is 0 Å². The number of benzene rings is 8. The fourth-order valence-corrected chi connectivity index (χ4v) is 10.8. The van der Waals surface area contributed by atoms with E-state index in [1.807, 2.05) is 24.3 Å². The number of fused-ring (bicyclic) bond motifs is 5. The maximum absolute atomic E-state index is 12.6. The molecule has 5 aliphatic rings. The number of rotatable bonds is 4. The Hall–Kier alpha value is -8.30. The Morgan fingerprint density at radius 1 is 0.402 bits per heavy atom. The molecule has 1 atom stereocenters. The van der Waals surface area contributed by atoms with E-state index in [1.165, 1.54) is 65.8 Å². The van der Waals surface area contributed by atoms with Crippen molar-refractivity contribution >= 4 is 52.9 Å². The number of anilines is 1. The van der Waals surface area contributed by atoms with Crippen molar-refractivity contribution in [2.75, 3.05) is 26.0 Å². The molecule has 4 aliphatic heterocycles. The quantitative estimate of drug-likeness (QED) is 0.125. The summed E-state index contributed by atoms with van der Waals surface area (Å²) in [5, 5.41) is 0. The van der Waals surface area contributed by atoms with Crippen molar-refractivity contribution < 1.29 is 80.5 Å². The van der Waals surface area contributed by atoms with Crippen molar-refractivity contribution in [1.82, 2.24) is 14.7 Å². The third kappa shape index (κ3) is 12.0. The van der Waals surface area contributed by atoms with Crippen LogP contribution >= 0.6 is 0 Å². The van der Waals surface area contributed by atoms with Gasteiger partial charge in [0, 0.05) is 26.6 Å². The van der Waals surface area contributed by atoms with Gasteiger partial charge in [-0.05, 0) is 72.1 Å². The number of nitrogens with zero attached hydrogens (tertiary/aromatic N) is 4. The van der Waals surface area contributed by atoms with Gasteiger partial charge in [0.15, 0.2) is 0 Å². The molecule has 12 nitrogen and oxygen atoms in total. The zero-order valence-corrected chi connectivity index (χ0v) is 52.3. The summed E-state index contributed by atoms with van der Waals surface area (Å²) in [6, 6.07) is 64.3. The average Bonchev–Trinajstić information content (AvgIpc) is 4.19. The van der Waals surface area contributed by atoms with Crippen molar-refractivity contribution in [3.63, 3.8) is 0 Å². The first-order valence-electron chi connectivity index (χ1n) is 25.9. The maximum Gasteiger partial charge on any atom is 2.00 e. The first-order chi connectivity index (χ1) is 38.2. The van der Waals surface area contributed by atoms with Gasteiger partial charge in [-0.2, -0.15) is 97.1 Å². The van der Waals surface area contributed by atoms with Crippen LogP contribution in [0.25, 0.3) is 0 Å². The van der Waals surface area contributed by atoms with Gasteiger partial charge in [-0.15, -0.1) is 0 Å². The van der Waals surface area contributed by atoms with E-state index in [0.29, 0.717) is 50.2 Å². The van der Waals surface area contributed by atoms with Gasteiger partial charge in [-0.25, -0.2) is 0 Å². The molecule has 8 aromatic rings. The molecule has 1 aliphatic carbocycles. The first-order valence-corrected chi connectivity index (χ1v) is 25.9. The Morgan fingerprint density at radius 2 is 0.780 bits per heavy atom. The predicted octanol–water partition coefficient (Wildman–Crippen LogP) is 11.3. The third-order valence-electron chi connectivity index (χ3n) is 14.9. The molecule has 0 saturated heterocycles. The minimum absolute atomic E-state index is 0.